The molecule has 0 heteroatoms. The Bertz CT molecular complexity index is 117. The van der Waals surface area contributed by atoms with Gasteiger partial charge in [0.2, 0.25) is 0 Å². The van der Waals surface area contributed by atoms with Crippen LogP contribution in [0.15, 0.2) is 0 Å². The molecule has 0 amide bonds. The van der Waals surface area contributed by atoms with Gasteiger partial charge >= 0.3 is 0 Å². The van der Waals surface area contributed by atoms with Gasteiger partial charge in [-0.2, -0.15) is 0 Å². The summed E-state index contributed by atoms with van der Waals surface area (Å²) in [5.74, 6) is 7.15. The van der Waals surface area contributed by atoms with Crippen LogP contribution in [-0.2, 0) is 0 Å². The van der Waals surface area contributed by atoms with Crippen LogP contribution in [0.25, 0.3) is 0 Å². The molecule has 0 rings (SSSR count). The van der Waals surface area contributed by atoms with Gasteiger partial charge in [0, 0.05) is 0 Å². The van der Waals surface area contributed by atoms with Gasteiger partial charge in [-0.3, -0.25) is 0 Å². The molecule has 0 aliphatic heterocycles. The molecule has 0 spiro atoms. The second-order valence-corrected chi connectivity index (χ2v) is 3.51. The Morgan fingerprint density at radius 2 is 1.29 bits per heavy atom. The fraction of sp³-hybridized carbons (Fsp3) is 0.857. The fourth-order valence-corrected chi connectivity index (χ4v) is 0.789. The molecular weight excluding hydrogens is 168 g/mol. The highest BCUT2D eigenvalue weighted by Gasteiger charge is 2.03. The first kappa shape index (κ1) is 19.2. The average Bonchev–Trinajstić information content (AvgIpc) is 2.21. The Labute approximate surface area is 92.5 Å². The van der Waals surface area contributed by atoms with E-state index in [2.05, 4.69) is 39.5 Å². The van der Waals surface area contributed by atoms with E-state index < -0.39 is 0 Å². The Hall–Kier alpha value is -0.440. The van der Waals surface area contributed by atoms with Gasteiger partial charge in [0.1, 0.15) is 0 Å². The lowest BCUT2D eigenvalue weighted by molar-refractivity contribution is 0.389. The first-order valence-electron chi connectivity index (χ1n) is 5.93. The molecule has 0 aliphatic rings. The van der Waals surface area contributed by atoms with Crippen LogP contribution in [0, 0.1) is 23.7 Å². The van der Waals surface area contributed by atoms with E-state index in [1.165, 1.54) is 12.8 Å². The molecule has 1 unspecified atom stereocenters. The van der Waals surface area contributed by atoms with Gasteiger partial charge in [-0.15, -0.1) is 11.8 Å². The molecule has 14 heavy (non-hydrogen) atoms. The summed E-state index contributed by atoms with van der Waals surface area (Å²) in [6.07, 6.45) is 2.72. The van der Waals surface area contributed by atoms with Gasteiger partial charge in [-0.05, 0) is 25.7 Å². The predicted octanol–water partition coefficient (Wildman–Crippen LogP) is 5.13. The third-order valence-electron chi connectivity index (χ3n) is 2.13. The Morgan fingerprint density at radius 1 is 0.929 bits per heavy atom. The van der Waals surface area contributed by atoms with Gasteiger partial charge in [0.05, 0.1) is 0 Å². The van der Waals surface area contributed by atoms with Gasteiger partial charge in [0.25, 0.3) is 0 Å². The maximum atomic E-state index is 2.68. The molecule has 0 aromatic carbocycles. The zero-order valence-corrected chi connectivity index (χ0v) is 11.6. The zero-order chi connectivity index (χ0) is 12.0. The van der Waals surface area contributed by atoms with Crippen LogP contribution in [0.5, 0.6) is 0 Å². The molecule has 0 N–H and O–H groups in total. The summed E-state index contributed by atoms with van der Waals surface area (Å²) in [5, 5.41) is 0. The summed E-state index contributed by atoms with van der Waals surface area (Å²) in [7, 11) is 0. The second kappa shape index (κ2) is 18.4. The number of rotatable bonds is 3. The summed E-state index contributed by atoms with van der Waals surface area (Å²) in [6, 6.07) is 0. The highest BCUT2D eigenvalue weighted by atomic mass is 14.1. The normalized spacial score (nSPS) is 9.79. The van der Waals surface area contributed by atoms with E-state index in [0.717, 1.165) is 11.8 Å². The minimum atomic E-state index is 0.870. The summed E-state index contributed by atoms with van der Waals surface area (Å²) >= 11 is 0. The third kappa shape index (κ3) is 22.6. The highest BCUT2D eigenvalue weighted by Crippen LogP contribution is 2.14. The molecule has 0 saturated heterocycles. The van der Waals surface area contributed by atoms with Gasteiger partial charge in [-0.25, -0.2) is 0 Å². The van der Waals surface area contributed by atoms with Gasteiger partial charge in [0.15, 0.2) is 0 Å². The zero-order valence-electron chi connectivity index (χ0n) is 11.6. The van der Waals surface area contributed by atoms with Gasteiger partial charge < -0.3 is 0 Å². The predicted molar refractivity (Wildman–Crippen MR) is 69.4 cm³/mol. The van der Waals surface area contributed by atoms with Gasteiger partial charge in [-0.1, -0.05) is 54.4 Å². The van der Waals surface area contributed by atoms with E-state index in [9.17, 15) is 0 Å². The summed E-state index contributed by atoms with van der Waals surface area (Å²) < 4.78 is 0. The molecule has 0 aromatic rings. The van der Waals surface area contributed by atoms with Crippen molar-refractivity contribution in [3.05, 3.63) is 0 Å². The molecule has 0 nitrogen and oxygen atoms in total. The van der Waals surface area contributed by atoms with Crippen LogP contribution in [0.4, 0.5) is 0 Å². The molecule has 0 bridgehead atoms. The van der Waals surface area contributed by atoms with Crippen LogP contribution in [0.1, 0.15) is 68.2 Å². The van der Waals surface area contributed by atoms with Crippen molar-refractivity contribution in [3.8, 4) is 11.8 Å². The van der Waals surface area contributed by atoms with Crippen LogP contribution in [-0.4, -0.2) is 0 Å². The Morgan fingerprint density at radius 3 is 1.36 bits per heavy atom. The summed E-state index contributed by atoms with van der Waals surface area (Å²) in [5.41, 5.74) is 0. The first-order chi connectivity index (χ1) is 6.59. The van der Waals surface area contributed by atoms with Crippen LogP contribution in [0.3, 0.4) is 0 Å². The molecular formula is C14H30. The monoisotopic (exact) mass is 198 g/mol. The minimum absolute atomic E-state index is 0.870. The van der Waals surface area contributed by atoms with Crippen molar-refractivity contribution < 1.29 is 0 Å². The lowest BCUT2D eigenvalue weighted by Gasteiger charge is -2.12. The molecule has 0 heterocycles. The quantitative estimate of drug-likeness (QED) is 0.551. The lowest BCUT2D eigenvalue weighted by Crippen LogP contribution is -2.02. The van der Waals surface area contributed by atoms with Crippen molar-refractivity contribution >= 4 is 0 Å². The van der Waals surface area contributed by atoms with E-state index in [4.69, 9.17) is 0 Å². The Balaban J connectivity index is -0.000000170. The number of hydrogen-bond acceptors (Lipinski definition) is 0. The van der Waals surface area contributed by atoms with E-state index >= 15 is 0 Å². The molecule has 0 aromatic heterocycles. The Kier molecular flexibility index (Phi) is 25.2. The van der Waals surface area contributed by atoms with Crippen LogP contribution >= 0.6 is 0 Å². The SMILES string of the molecule is CC.CC#CC.CCCC(C)C(C)C. The molecule has 1 atom stereocenters. The van der Waals surface area contributed by atoms with E-state index in [0.29, 0.717) is 0 Å². The second-order valence-electron chi connectivity index (χ2n) is 3.51. The molecule has 0 aliphatic carbocycles. The van der Waals surface area contributed by atoms with Crippen molar-refractivity contribution in [2.45, 2.75) is 68.2 Å². The smallest absolute Gasteiger partial charge is 0.00271 e. The van der Waals surface area contributed by atoms with E-state index in [-0.39, 0.29) is 0 Å². The highest BCUT2D eigenvalue weighted by molar-refractivity contribution is 4.89. The molecule has 0 radical (unpaired) electrons. The molecule has 0 fully saturated rings. The standard InChI is InChI=1S/C8H18.C4H6.C2H6/c1-5-6-8(4)7(2)3;1-3-4-2;1-2/h7-8H,5-6H2,1-4H3;1-2H3;1-2H3. The average molecular weight is 198 g/mol. The fourth-order valence-electron chi connectivity index (χ4n) is 0.789. The lowest BCUT2D eigenvalue weighted by atomic mass is 9.94. The number of hydrogen-bond donors (Lipinski definition) is 0. The van der Waals surface area contributed by atoms with Crippen molar-refractivity contribution in [3.63, 3.8) is 0 Å². The molecule has 0 saturated carbocycles. The third-order valence-corrected chi connectivity index (χ3v) is 2.13. The maximum Gasteiger partial charge on any atom is -0.00271 e. The minimum Gasteiger partial charge on any atom is -0.107 e. The first-order valence-corrected chi connectivity index (χ1v) is 5.93. The van der Waals surface area contributed by atoms with Crippen molar-refractivity contribution in [1.82, 2.24) is 0 Å². The molecule has 86 valence electrons. The van der Waals surface area contributed by atoms with Crippen LogP contribution in [0.2, 0.25) is 0 Å². The maximum absolute atomic E-state index is 2.68. The topological polar surface area (TPSA) is 0 Å². The van der Waals surface area contributed by atoms with Crippen LogP contribution < -0.4 is 0 Å². The largest absolute Gasteiger partial charge is 0.107 e. The van der Waals surface area contributed by atoms with E-state index in [1.54, 1.807) is 0 Å². The van der Waals surface area contributed by atoms with E-state index in [1.807, 2.05) is 27.7 Å². The van der Waals surface area contributed by atoms with Crippen molar-refractivity contribution in [2.75, 3.05) is 0 Å². The van der Waals surface area contributed by atoms with Crippen molar-refractivity contribution in [1.29, 1.82) is 0 Å². The summed E-state index contributed by atoms with van der Waals surface area (Å²) in [6.45, 7) is 16.8. The summed E-state index contributed by atoms with van der Waals surface area (Å²) in [4.78, 5) is 0. The van der Waals surface area contributed by atoms with Crippen molar-refractivity contribution in [2.24, 2.45) is 11.8 Å².